The van der Waals surface area contributed by atoms with Gasteiger partial charge in [-0.15, -0.1) is 0 Å². The second-order valence-corrected chi connectivity index (χ2v) is 19.8. The van der Waals surface area contributed by atoms with Crippen molar-refractivity contribution in [3.8, 4) is 0 Å². The number of ketones is 3. The number of alkyl halides is 3. The fourth-order valence-corrected chi connectivity index (χ4v) is 9.32. The molecule has 0 radical (unpaired) electrons. The second-order valence-electron chi connectivity index (χ2n) is 19.8. The predicted molar refractivity (Wildman–Crippen MR) is 289 cm³/mol. The van der Waals surface area contributed by atoms with E-state index in [1.54, 1.807) is 30.5 Å². The highest BCUT2D eigenvalue weighted by Crippen LogP contribution is 2.33. The van der Waals surface area contributed by atoms with Crippen LogP contribution in [0.2, 0.25) is 0 Å². The number of primary amides is 2. The highest BCUT2D eigenvalue weighted by Gasteiger charge is 2.38. The molecule has 2 aromatic carbocycles. The normalized spacial score (nSPS) is 21.0. The molecule has 1 fully saturated rings. The summed E-state index contributed by atoms with van der Waals surface area (Å²) in [6.45, 7) is 1.19. The number of amides is 7. The van der Waals surface area contributed by atoms with E-state index in [2.05, 4.69) is 41.6 Å². The van der Waals surface area contributed by atoms with E-state index in [1.807, 2.05) is 0 Å². The number of halogens is 3. The monoisotopic (exact) mass is 1120 g/mol. The van der Waals surface area contributed by atoms with E-state index >= 15 is 0 Å². The first kappa shape index (κ1) is 64.1. The Morgan fingerprint density at radius 1 is 0.700 bits per heavy atom. The summed E-state index contributed by atoms with van der Waals surface area (Å²) in [5, 5.41) is 13.4. The zero-order valence-corrected chi connectivity index (χ0v) is 44.5. The maximum Gasteiger partial charge on any atom is 0.416 e. The standard InChI is InChI=1S/C53H73F3N14O10/c1-29(71)66-39(17-9-23-64-52(61)62)48(78)68-40-16-6-3-12-34(72)18-19-38(46(58)76)67-47(77)32(24-33-28-65-37-15-7-4-13-35(33)37)27-43(73)31(11-8-22-63-51(59)60)26-44(74)42(25-30-10-2-5-14-36(30)53(54,55)56)70-50(80)41(69-49(40)79)20-21-45(57)75/h2,4-5,7,10,13-15,28,31-32,38-42,65H,3,6,8-9,11-12,16-27H2,1H3,(H2,57,75)(H2,58,76)(H,66,71)(H,67,77)(H,68,78)(H,69,79)(H,70,80)(H4,59,60,63)(H4,61,62,64)/t31-,32-,38+,39+,40+,41+,42-/m1/s1. The number of rotatable bonds is 19. The number of carbonyl (C=O) groups excluding carboxylic acids is 10. The van der Waals surface area contributed by atoms with Gasteiger partial charge in [0, 0.05) is 87.5 Å². The number of H-pyrrole nitrogens is 1. The lowest BCUT2D eigenvalue weighted by molar-refractivity contribution is -0.138. The van der Waals surface area contributed by atoms with Gasteiger partial charge in [-0.25, -0.2) is 0 Å². The Bertz CT molecular complexity index is 2760. The average Bonchev–Trinajstić information content (AvgIpc) is 3.79. The summed E-state index contributed by atoms with van der Waals surface area (Å²) in [5.74, 6) is -11.3. The third-order valence-corrected chi connectivity index (χ3v) is 13.5. The topological polar surface area (TPSA) is 427 Å². The van der Waals surface area contributed by atoms with Crippen LogP contribution in [-0.2, 0) is 67.0 Å². The van der Waals surface area contributed by atoms with Crippen molar-refractivity contribution in [3.05, 3.63) is 71.4 Å². The summed E-state index contributed by atoms with van der Waals surface area (Å²) in [5.41, 5.74) is 32.9. The quantitative estimate of drug-likeness (QED) is 0.0438. The molecular formula is C53H73F3N14O10. The summed E-state index contributed by atoms with van der Waals surface area (Å²) in [6.07, 6.45) is -6.96. The van der Waals surface area contributed by atoms with Gasteiger partial charge in [0.05, 0.1) is 11.6 Å². The van der Waals surface area contributed by atoms with E-state index in [4.69, 9.17) is 34.4 Å². The maximum atomic E-state index is 14.8. The van der Waals surface area contributed by atoms with Crippen molar-refractivity contribution in [1.82, 2.24) is 31.6 Å². The Kier molecular flexibility index (Phi) is 25.1. The summed E-state index contributed by atoms with van der Waals surface area (Å²) >= 11 is 0. The van der Waals surface area contributed by atoms with Crippen molar-refractivity contribution in [2.45, 2.75) is 146 Å². The van der Waals surface area contributed by atoms with Gasteiger partial charge in [0.1, 0.15) is 35.7 Å². The van der Waals surface area contributed by atoms with Gasteiger partial charge in [0.15, 0.2) is 17.7 Å². The molecule has 7 atom stereocenters. The molecule has 1 aliphatic heterocycles. The molecule has 1 saturated heterocycles. The van der Waals surface area contributed by atoms with Crippen LogP contribution in [0.5, 0.6) is 0 Å². The third kappa shape index (κ3) is 21.4. The number of carbonyl (C=O) groups is 10. The highest BCUT2D eigenvalue weighted by molar-refractivity contribution is 5.98. The number of nitrogens with two attached hydrogens (primary N) is 6. The highest BCUT2D eigenvalue weighted by atomic mass is 19.4. The molecular weight excluding hydrogens is 1050 g/mol. The van der Waals surface area contributed by atoms with Gasteiger partial charge >= 0.3 is 6.18 Å². The zero-order valence-electron chi connectivity index (χ0n) is 44.5. The lowest BCUT2D eigenvalue weighted by Crippen LogP contribution is -2.58. The van der Waals surface area contributed by atoms with Crippen molar-refractivity contribution in [2.75, 3.05) is 13.1 Å². The van der Waals surface area contributed by atoms with E-state index in [0.717, 1.165) is 25.1 Å². The van der Waals surface area contributed by atoms with Crippen molar-refractivity contribution in [1.29, 1.82) is 0 Å². The van der Waals surface area contributed by atoms with Crippen molar-refractivity contribution >= 4 is 81.5 Å². The number of guanidine groups is 2. The Balaban J connectivity index is 1.85. The van der Waals surface area contributed by atoms with Gasteiger partial charge in [-0.1, -0.05) is 42.8 Å². The SMILES string of the molecule is CC(=O)N[C@@H](CCCN=C(N)N)C(=O)N[C@H]1CCCCC(=O)CC[C@@H](C(N)=O)NC(=O)[C@H](Cc2c[nH]c3ccccc23)CC(=O)[C@H](CCCN=C(N)N)CC(=O)[C@@H](Cc2ccccc2C(F)(F)F)NC(=O)[C@H](CCC(N)=O)NC1=O. The predicted octanol–water partition coefficient (Wildman–Crippen LogP) is 0.348. The molecule has 18 N–H and O–H groups in total. The minimum atomic E-state index is -4.94. The number of aromatic amines is 1. The molecule has 1 aromatic heterocycles. The number of aliphatic imine (C=N–C) groups is 2. The molecule has 7 amide bonds. The Morgan fingerprint density at radius 2 is 1.35 bits per heavy atom. The lowest BCUT2D eigenvalue weighted by atomic mass is 9.83. The molecule has 27 heteroatoms. The molecule has 0 bridgehead atoms. The van der Waals surface area contributed by atoms with Crippen LogP contribution in [0.4, 0.5) is 13.2 Å². The smallest absolute Gasteiger partial charge is 0.370 e. The summed E-state index contributed by atoms with van der Waals surface area (Å²) in [4.78, 5) is 148. The summed E-state index contributed by atoms with van der Waals surface area (Å²) < 4.78 is 43.7. The van der Waals surface area contributed by atoms with E-state index in [9.17, 15) is 61.1 Å². The van der Waals surface area contributed by atoms with Crippen molar-refractivity contribution < 1.29 is 61.1 Å². The van der Waals surface area contributed by atoms with E-state index in [0.29, 0.717) is 16.5 Å². The van der Waals surface area contributed by atoms with Gasteiger partial charge in [-0.05, 0) is 81.0 Å². The van der Waals surface area contributed by atoms with Crippen molar-refractivity contribution in [3.63, 3.8) is 0 Å². The first-order chi connectivity index (χ1) is 37.8. The first-order valence-electron chi connectivity index (χ1n) is 26.3. The Hall–Kier alpha value is -8.39. The number of fused-ring (bicyclic) bond motifs is 1. The fourth-order valence-electron chi connectivity index (χ4n) is 9.32. The van der Waals surface area contributed by atoms with Crippen LogP contribution in [-0.4, -0.2) is 119 Å². The zero-order chi connectivity index (χ0) is 59.1. The summed E-state index contributed by atoms with van der Waals surface area (Å²) in [6, 6.07) is 3.69. The van der Waals surface area contributed by atoms with Crippen LogP contribution >= 0.6 is 0 Å². The molecule has 0 saturated carbocycles. The number of hydrogen-bond acceptors (Lipinski definition) is 12. The number of aromatic nitrogens is 1. The summed E-state index contributed by atoms with van der Waals surface area (Å²) in [7, 11) is 0. The van der Waals surface area contributed by atoms with E-state index in [1.165, 1.54) is 6.07 Å². The van der Waals surface area contributed by atoms with Crippen LogP contribution in [0.1, 0.15) is 114 Å². The van der Waals surface area contributed by atoms with Gasteiger partial charge in [-0.2, -0.15) is 13.2 Å². The maximum absolute atomic E-state index is 14.8. The van der Waals surface area contributed by atoms with Crippen LogP contribution < -0.4 is 61.0 Å². The number of para-hydroxylation sites is 1. The average molecular weight is 1120 g/mol. The third-order valence-electron chi connectivity index (χ3n) is 13.5. The molecule has 3 aromatic rings. The number of hydrogen-bond donors (Lipinski definition) is 12. The Morgan fingerprint density at radius 3 is 2.01 bits per heavy atom. The van der Waals surface area contributed by atoms with Gasteiger partial charge in [-0.3, -0.25) is 57.9 Å². The first-order valence-corrected chi connectivity index (χ1v) is 26.3. The Labute approximate surface area is 459 Å². The van der Waals surface area contributed by atoms with Crippen molar-refractivity contribution in [2.24, 2.45) is 56.2 Å². The van der Waals surface area contributed by atoms with Gasteiger partial charge in [0.25, 0.3) is 0 Å². The minimum Gasteiger partial charge on any atom is -0.370 e. The molecule has 1 aliphatic rings. The van der Waals surface area contributed by atoms with Gasteiger partial charge < -0.3 is 66.0 Å². The van der Waals surface area contributed by atoms with Gasteiger partial charge in [0.2, 0.25) is 41.4 Å². The minimum absolute atomic E-state index is 0.0121. The number of nitrogens with zero attached hydrogens (tertiary/aromatic N) is 2. The molecule has 0 aliphatic carbocycles. The molecule has 2 heterocycles. The molecule has 24 nitrogen and oxygen atoms in total. The van der Waals surface area contributed by atoms with Crippen LogP contribution in [0.15, 0.2) is 64.7 Å². The fraction of sp³-hybridized carbons (Fsp3) is 0.509. The second kappa shape index (κ2) is 31.3. The molecule has 4 rings (SSSR count). The van der Waals surface area contributed by atoms with Crippen LogP contribution in [0.25, 0.3) is 10.9 Å². The largest absolute Gasteiger partial charge is 0.416 e. The van der Waals surface area contributed by atoms with E-state index in [-0.39, 0.29) is 101 Å². The number of Topliss-reactive ketones (excluding diaryl/α,β-unsaturated/α-hetero) is 3. The number of nitrogens with one attached hydrogen (secondary N) is 6. The molecule has 436 valence electrons. The van der Waals surface area contributed by atoms with Crippen LogP contribution in [0.3, 0.4) is 0 Å². The lowest BCUT2D eigenvalue weighted by Gasteiger charge is -2.27. The molecule has 0 unspecified atom stereocenters. The van der Waals surface area contributed by atoms with E-state index < -0.39 is 144 Å². The molecule has 80 heavy (non-hydrogen) atoms. The number of benzene rings is 2. The van der Waals surface area contributed by atoms with Crippen LogP contribution in [0, 0.1) is 11.8 Å². The molecule has 0 spiro atoms.